The van der Waals surface area contributed by atoms with Crippen LogP contribution in [0, 0.1) is 5.92 Å². The Hall–Kier alpha value is -2.03. The van der Waals surface area contributed by atoms with Crippen molar-refractivity contribution in [2.24, 2.45) is 5.92 Å². The second kappa shape index (κ2) is 8.56. The van der Waals surface area contributed by atoms with Crippen LogP contribution in [0.1, 0.15) is 50.9 Å². The van der Waals surface area contributed by atoms with Gasteiger partial charge in [0.2, 0.25) is 5.91 Å². The molecule has 3 heteroatoms. The second-order valence-corrected chi connectivity index (χ2v) is 6.31. The van der Waals surface area contributed by atoms with E-state index in [1.54, 1.807) is 6.26 Å². The van der Waals surface area contributed by atoms with Gasteiger partial charge >= 0.3 is 0 Å². The minimum Gasteiger partial charge on any atom is -0.469 e. The third-order valence-electron chi connectivity index (χ3n) is 4.29. The van der Waals surface area contributed by atoms with Crippen molar-refractivity contribution in [3.63, 3.8) is 0 Å². The van der Waals surface area contributed by atoms with Crippen LogP contribution in [-0.4, -0.2) is 17.4 Å². The van der Waals surface area contributed by atoms with E-state index in [1.165, 1.54) is 5.56 Å². The second-order valence-electron chi connectivity index (χ2n) is 6.31. The maximum absolute atomic E-state index is 12.3. The highest BCUT2D eigenvalue weighted by Gasteiger charge is 2.21. The summed E-state index contributed by atoms with van der Waals surface area (Å²) in [4.78, 5) is 14.3. The third kappa shape index (κ3) is 4.98. The highest BCUT2D eigenvalue weighted by atomic mass is 16.3. The molecule has 0 unspecified atom stereocenters. The summed E-state index contributed by atoms with van der Waals surface area (Å²) < 4.78 is 5.59. The number of rotatable bonds is 8. The predicted octanol–water partition coefficient (Wildman–Crippen LogP) is 4.85. The third-order valence-corrected chi connectivity index (χ3v) is 4.29. The summed E-state index contributed by atoms with van der Waals surface area (Å²) in [5, 5.41) is 0. The van der Waals surface area contributed by atoms with Gasteiger partial charge < -0.3 is 9.32 Å². The fourth-order valence-corrected chi connectivity index (χ4v) is 2.92. The molecule has 2 rings (SSSR count). The molecule has 0 bridgehead atoms. The number of hydrogen-bond donors (Lipinski definition) is 0. The number of hydrogen-bond acceptors (Lipinski definition) is 2. The molecule has 0 aliphatic heterocycles. The van der Waals surface area contributed by atoms with Crippen LogP contribution in [0.15, 0.2) is 53.1 Å². The highest BCUT2D eigenvalue weighted by Crippen LogP contribution is 2.28. The quantitative estimate of drug-likeness (QED) is 0.698. The molecule has 1 aromatic heterocycles. The standard InChI is InChI=1S/C20H27NO2/c1-4-20(22)21(15-17-9-6-5-7-10-17)13-12-18(16(2)3)19-11-8-14-23-19/h5-11,14,16,18H,4,12-13,15H2,1-3H3/t18-/m0/s1. The molecule has 0 spiro atoms. The van der Waals surface area contributed by atoms with E-state index in [0.29, 0.717) is 24.8 Å². The monoisotopic (exact) mass is 313 g/mol. The molecule has 2 aromatic rings. The summed E-state index contributed by atoms with van der Waals surface area (Å²) in [6.45, 7) is 7.76. The lowest BCUT2D eigenvalue weighted by molar-refractivity contribution is -0.131. The molecule has 124 valence electrons. The minimum absolute atomic E-state index is 0.204. The number of furan rings is 1. The molecular weight excluding hydrogens is 286 g/mol. The zero-order valence-corrected chi connectivity index (χ0v) is 14.4. The first-order valence-electron chi connectivity index (χ1n) is 8.47. The highest BCUT2D eigenvalue weighted by molar-refractivity contribution is 5.75. The van der Waals surface area contributed by atoms with Gasteiger partial charge in [-0.05, 0) is 30.0 Å². The van der Waals surface area contributed by atoms with Gasteiger partial charge in [-0.3, -0.25) is 4.79 Å². The van der Waals surface area contributed by atoms with Crippen LogP contribution in [0.4, 0.5) is 0 Å². The Labute approximate surface area is 139 Å². The molecule has 0 fully saturated rings. The Morgan fingerprint density at radius 2 is 1.87 bits per heavy atom. The normalized spacial score (nSPS) is 12.3. The van der Waals surface area contributed by atoms with E-state index in [4.69, 9.17) is 4.42 Å². The molecule has 0 aliphatic rings. The zero-order valence-electron chi connectivity index (χ0n) is 14.4. The Morgan fingerprint density at radius 1 is 1.13 bits per heavy atom. The van der Waals surface area contributed by atoms with Crippen molar-refractivity contribution in [3.05, 3.63) is 60.1 Å². The summed E-state index contributed by atoms with van der Waals surface area (Å²) in [6.07, 6.45) is 3.19. The number of carbonyl (C=O) groups excluding carboxylic acids is 1. The molecule has 0 aliphatic carbocycles. The van der Waals surface area contributed by atoms with Crippen molar-refractivity contribution in [1.82, 2.24) is 4.90 Å². The van der Waals surface area contributed by atoms with Gasteiger partial charge in [-0.2, -0.15) is 0 Å². The number of benzene rings is 1. The maximum Gasteiger partial charge on any atom is 0.222 e. The van der Waals surface area contributed by atoms with Gasteiger partial charge in [0, 0.05) is 25.4 Å². The van der Waals surface area contributed by atoms with Gasteiger partial charge in [-0.1, -0.05) is 51.1 Å². The molecule has 3 nitrogen and oxygen atoms in total. The van der Waals surface area contributed by atoms with Gasteiger partial charge in [0.05, 0.1) is 6.26 Å². The van der Waals surface area contributed by atoms with Gasteiger partial charge in [-0.25, -0.2) is 0 Å². The Balaban J connectivity index is 2.04. The lowest BCUT2D eigenvalue weighted by Crippen LogP contribution is -2.32. The van der Waals surface area contributed by atoms with Gasteiger partial charge in [0.25, 0.3) is 0 Å². The van der Waals surface area contributed by atoms with Crippen molar-refractivity contribution in [3.8, 4) is 0 Å². The van der Waals surface area contributed by atoms with Gasteiger partial charge in [0.15, 0.2) is 0 Å². The lowest BCUT2D eigenvalue weighted by Gasteiger charge is -2.26. The number of carbonyl (C=O) groups is 1. The van der Waals surface area contributed by atoms with Gasteiger partial charge in [-0.15, -0.1) is 0 Å². The van der Waals surface area contributed by atoms with Crippen LogP contribution in [-0.2, 0) is 11.3 Å². The van der Waals surface area contributed by atoms with Crippen molar-refractivity contribution in [2.45, 2.75) is 46.1 Å². The molecule has 0 saturated heterocycles. The van der Waals surface area contributed by atoms with E-state index in [2.05, 4.69) is 26.0 Å². The molecule has 1 amide bonds. The van der Waals surface area contributed by atoms with Crippen LogP contribution < -0.4 is 0 Å². The molecule has 0 radical (unpaired) electrons. The molecule has 1 atom stereocenters. The Bertz CT molecular complexity index is 575. The fourth-order valence-electron chi connectivity index (χ4n) is 2.92. The summed E-state index contributed by atoms with van der Waals surface area (Å²) in [7, 11) is 0. The molecule has 23 heavy (non-hydrogen) atoms. The summed E-state index contributed by atoms with van der Waals surface area (Å²) >= 11 is 0. The Kier molecular flexibility index (Phi) is 6.45. The molecule has 1 heterocycles. The minimum atomic E-state index is 0.204. The smallest absolute Gasteiger partial charge is 0.222 e. The summed E-state index contributed by atoms with van der Waals surface area (Å²) in [6, 6.07) is 14.1. The average molecular weight is 313 g/mol. The first-order chi connectivity index (χ1) is 11.1. The van der Waals surface area contributed by atoms with E-state index < -0.39 is 0 Å². The van der Waals surface area contributed by atoms with E-state index in [-0.39, 0.29) is 5.91 Å². The number of amides is 1. The first kappa shape index (κ1) is 17.3. The summed E-state index contributed by atoms with van der Waals surface area (Å²) in [5.74, 6) is 2.05. The van der Waals surface area contributed by atoms with Crippen molar-refractivity contribution in [1.29, 1.82) is 0 Å². The van der Waals surface area contributed by atoms with E-state index >= 15 is 0 Å². The van der Waals surface area contributed by atoms with E-state index in [0.717, 1.165) is 18.7 Å². The first-order valence-corrected chi connectivity index (χ1v) is 8.47. The molecular formula is C20H27NO2. The van der Waals surface area contributed by atoms with Crippen LogP contribution in [0.25, 0.3) is 0 Å². The van der Waals surface area contributed by atoms with Crippen LogP contribution >= 0.6 is 0 Å². The average Bonchev–Trinajstić information content (AvgIpc) is 3.08. The fraction of sp³-hybridized carbons (Fsp3) is 0.450. The largest absolute Gasteiger partial charge is 0.469 e. The molecule has 0 saturated carbocycles. The van der Waals surface area contributed by atoms with Crippen molar-refractivity contribution >= 4 is 5.91 Å². The predicted molar refractivity (Wildman–Crippen MR) is 93.1 cm³/mol. The molecule has 0 N–H and O–H groups in total. The topological polar surface area (TPSA) is 33.5 Å². The zero-order chi connectivity index (χ0) is 16.7. The van der Waals surface area contributed by atoms with Crippen molar-refractivity contribution < 1.29 is 9.21 Å². The number of nitrogens with zero attached hydrogens (tertiary/aromatic N) is 1. The van der Waals surface area contributed by atoms with Gasteiger partial charge in [0.1, 0.15) is 5.76 Å². The van der Waals surface area contributed by atoms with E-state index in [9.17, 15) is 4.79 Å². The molecule has 1 aromatic carbocycles. The van der Waals surface area contributed by atoms with E-state index in [1.807, 2.05) is 42.2 Å². The van der Waals surface area contributed by atoms with Crippen LogP contribution in [0.2, 0.25) is 0 Å². The van der Waals surface area contributed by atoms with Crippen LogP contribution in [0.5, 0.6) is 0 Å². The van der Waals surface area contributed by atoms with Crippen molar-refractivity contribution in [2.75, 3.05) is 6.54 Å². The van der Waals surface area contributed by atoms with Crippen LogP contribution in [0.3, 0.4) is 0 Å². The SMILES string of the molecule is CCC(=O)N(CC[C@H](c1ccco1)C(C)C)Cc1ccccc1. The lowest BCUT2D eigenvalue weighted by atomic mass is 9.90. The maximum atomic E-state index is 12.3. The Morgan fingerprint density at radius 3 is 2.43 bits per heavy atom. The summed E-state index contributed by atoms with van der Waals surface area (Å²) in [5.41, 5.74) is 1.17.